The van der Waals surface area contributed by atoms with E-state index in [1.54, 1.807) is 13.0 Å². The Hall–Kier alpha value is -1.22. The Kier molecular flexibility index (Phi) is 5.15. The zero-order chi connectivity index (χ0) is 15.5. The van der Waals surface area contributed by atoms with Crippen LogP contribution in [0.1, 0.15) is 13.8 Å². The molecule has 0 bridgehead atoms. The van der Waals surface area contributed by atoms with Crippen molar-refractivity contribution < 1.29 is 18.3 Å². The second-order valence-electron chi connectivity index (χ2n) is 4.97. The maximum atomic E-state index is 12.7. The molecule has 1 aliphatic heterocycles. The summed E-state index contributed by atoms with van der Waals surface area (Å²) in [6.45, 7) is 4.67. The van der Waals surface area contributed by atoms with Crippen molar-refractivity contribution in [1.29, 1.82) is 0 Å². The van der Waals surface area contributed by atoms with Crippen LogP contribution >= 0.6 is 0 Å². The summed E-state index contributed by atoms with van der Waals surface area (Å²) in [6, 6.07) is 2.91. The Labute approximate surface area is 125 Å². The molecule has 0 aromatic carbocycles. The molecule has 2 atom stereocenters. The van der Waals surface area contributed by atoms with Gasteiger partial charge >= 0.3 is 0 Å². The number of nitrogens with zero attached hydrogens (tertiary/aromatic N) is 2. The summed E-state index contributed by atoms with van der Waals surface area (Å²) in [5, 5.41) is 12.2. The van der Waals surface area contributed by atoms with Crippen LogP contribution in [0.3, 0.4) is 0 Å². The summed E-state index contributed by atoms with van der Waals surface area (Å²) in [6.07, 6.45) is 0.869. The van der Waals surface area contributed by atoms with Gasteiger partial charge in [-0.05, 0) is 26.0 Å². The number of pyridine rings is 1. The molecule has 0 radical (unpaired) electrons. The Morgan fingerprint density at radius 2 is 2.29 bits per heavy atom. The van der Waals surface area contributed by atoms with E-state index in [-0.39, 0.29) is 30.7 Å². The lowest BCUT2D eigenvalue weighted by atomic mass is 10.2. The fourth-order valence-electron chi connectivity index (χ4n) is 2.19. The summed E-state index contributed by atoms with van der Waals surface area (Å²) < 4.78 is 32.0. The Morgan fingerprint density at radius 3 is 2.86 bits per heavy atom. The highest BCUT2D eigenvalue weighted by Gasteiger charge is 2.35. The molecule has 0 spiro atoms. The smallest absolute Gasteiger partial charge is 0.245 e. The van der Waals surface area contributed by atoms with Crippen molar-refractivity contribution in [3.8, 4) is 0 Å². The minimum atomic E-state index is -3.63. The van der Waals surface area contributed by atoms with Gasteiger partial charge in [0.25, 0.3) is 0 Å². The third-order valence-electron chi connectivity index (χ3n) is 3.35. The Morgan fingerprint density at radius 1 is 1.52 bits per heavy atom. The van der Waals surface area contributed by atoms with E-state index in [1.165, 1.54) is 16.6 Å². The fourth-order valence-corrected chi connectivity index (χ4v) is 3.79. The first kappa shape index (κ1) is 16.2. The molecule has 1 saturated heterocycles. The van der Waals surface area contributed by atoms with Crippen molar-refractivity contribution in [2.75, 3.05) is 31.6 Å². The number of morpholine rings is 1. The topological polar surface area (TPSA) is 91.8 Å². The zero-order valence-electron chi connectivity index (χ0n) is 12.2. The van der Waals surface area contributed by atoms with Gasteiger partial charge < -0.3 is 15.2 Å². The summed E-state index contributed by atoms with van der Waals surface area (Å²) in [4.78, 5) is 4.24. The highest BCUT2D eigenvalue weighted by Crippen LogP contribution is 2.22. The third-order valence-corrected chi connectivity index (χ3v) is 5.32. The number of hydrogen-bond acceptors (Lipinski definition) is 6. The van der Waals surface area contributed by atoms with Crippen molar-refractivity contribution in [2.24, 2.45) is 0 Å². The van der Waals surface area contributed by atoms with Crippen molar-refractivity contribution >= 4 is 15.8 Å². The van der Waals surface area contributed by atoms with Crippen LogP contribution in [-0.4, -0.2) is 61.3 Å². The third kappa shape index (κ3) is 3.52. The monoisotopic (exact) mass is 315 g/mol. The molecule has 0 amide bonds. The van der Waals surface area contributed by atoms with Crippen molar-refractivity contribution in [1.82, 2.24) is 9.29 Å². The lowest BCUT2D eigenvalue weighted by Gasteiger charge is -2.36. The van der Waals surface area contributed by atoms with E-state index < -0.39 is 16.1 Å². The van der Waals surface area contributed by atoms with Crippen LogP contribution in [0.2, 0.25) is 0 Å². The fraction of sp³-hybridized carbons (Fsp3) is 0.615. The summed E-state index contributed by atoms with van der Waals surface area (Å²) in [5.74, 6) is 0.639. The first-order valence-corrected chi connectivity index (χ1v) is 8.37. The molecule has 1 aliphatic rings. The normalized spacial score (nSPS) is 24.0. The quantitative estimate of drug-likeness (QED) is 0.811. The SMILES string of the molecule is CCNc1ccc(S(=O)(=O)N2CC(CO)OCC2C)cn1. The molecule has 2 rings (SSSR count). The van der Waals surface area contributed by atoms with Crippen LogP contribution in [-0.2, 0) is 14.8 Å². The molecule has 118 valence electrons. The van der Waals surface area contributed by atoms with Crippen LogP contribution in [0.15, 0.2) is 23.2 Å². The van der Waals surface area contributed by atoms with Gasteiger partial charge in [0.05, 0.1) is 19.3 Å². The molecule has 2 heterocycles. The number of nitrogens with one attached hydrogen (secondary N) is 1. The van der Waals surface area contributed by atoms with Crippen molar-refractivity contribution in [3.63, 3.8) is 0 Å². The lowest BCUT2D eigenvalue weighted by Crippen LogP contribution is -2.51. The largest absolute Gasteiger partial charge is 0.394 e. The lowest BCUT2D eigenvalue weighted by molar-refractivity contribution is -0.0516. The van der Waals surface area contributed by atoms with E-state index >= 15 is 0 Å². The van der Waals surface area contributed by atoms with Crippen molar-refractivity contribution in [2.45, 2.75) is 30.9 Å². The summed E-state index contributed by atoms with van der Waals surface area (Å²) in [7, 11) is -3.63. The van der Waals surface area contributed by atoms with Crippen LogP contribution in [0.25, 0.3) is 0 Å². The molecule has 1 aromatic heterocycles. The van der Waals surface area contributed by atoms with Gasteiger partial charge in [0.1, 0.15) is 10.7 Å². The van der Waals surface area contributed by atoms with E-state index in [1.807, 2.05) is 6.92 Å². The van der Waals surface area contributed by atoms with Gasteiger partial charge in [0.2, 0.25) is 10.0 Å². The molecule has 0 aliphatic carbocycles. The minimum Gasteiger partial charge on any atom is -0.394 e. The first-order chi connectivity index (χ1) is 9.98. The molecule has 2 unspecified atom stereocenters. The molecule has 7 nitrogen and oxygen atoms in total. The second kappa shape index (κ2) is 6.69. The zero-order valence-corrected chi connectivity index (χ0v) is 13.0. The molecular formula is C13H21N3O4S. The number of hydrogen-bond donors (Lipinski definition) is 2. The molecule has 0 saturated carbocycles. The molecule has 1 aromatic rings. The highest BCUT2D eigenvalue weighted by molar-refractivity contribution is 7.89. The molecule has 1 fully saturated rings. The predicted octanol–water partition coefficient (Wildman–Crippen LogP) is 0.284. The standard InChI is InChI=1S/C13H21N3O4S/c1-3-14-13-5-4-12(6-15-13)21(18,19)16-7-11(8-17)20-9-10(16)2/h4-6,10-11,17H,3,7-9H2,1-2H3,(H,14,15). The van der Waals surface area contributed by atoms with E-state index in [4.69, 9.17) is 9.84 Å². The van der Waals surface area contributed by atoms with Crippen LogP contribution in [0.4, 0.5) is 5.82 Å². The number of aromatic nitrogens is 1. The van der Waals surface area contributed by atoms with Gasteiger partial charge in [0, 0.05) is 25.3 Å². The number of anilines is 1. The maximum Gasteiger partial charge on any atom is 0.245 e. The molecular weight excluding hydrogens is 294 g/mol. The Bertz CT molecular complexity index is 561. The van der Waals surface area contributed by atoms with Gasteiger partial charge in [-0.15, -0.1) is 0 Å². The predicted molar refractivity (Wildman–Crippen MR) is 78.6 cm³/mol. The summed E-state index contributed by atoms with van der Waals surface area (Å²) >= 11 is 0. The van der Waals surface area contributed by atoms with Gasteiger partial charge in [-0.2, -0.15) is 4.31 Å². The molecule has 21 heavy (non-hydrogen) atoms. The van der Waals surface area contributed by atoms with E-state index in [2.05, 4.69) is 10.3 Å². The van der Waals surface area contributed by atoms with Crippen LogP contribution in [0, 0.1) is 0 Å². The highest BCUT2D eigenvalue weighted by atomic mass is 32.2. The van der Waals surface area contributed by atoms with E-state index in [0.717, 1.165) is 6.54 Å². The molecule has 8 heteroatoms. The number of rotatable bonds is 5. The van der Waals surface area contributed by atoms with Crippen molar-refractivity contribution in [3.05, 3.63) is 18.3 Å². The maximum absolute atomic E-state index is 12.7. The number of aliphatic hydroxyl groups is 1. The number of ether oxygens (including phenoxy) is 1. The average Bonchev–Trinajstić information content (AvgIpc) is 2.48. The minimum absolute atomic E-state index is 0.148. The first-order valence-electron chi connectivity index (χ1n) is 6.93. The van der Waals surface area contributed by atoms with Gasteiger partial charge in [-0.25, -0.2) is 13.4 Å². The number of sulfonamides is 1. The van der Waals surface area contributed by atoms with Gasteiger partial charge in [-0.3, -0.25) is 0 Å². The average molecular weight is 315 g/mol. The molecule has 2 N–H and O–H groups in total. The van der Waals surface area contributed by atoms with Crippen LogP contribution in [0.5, 0.6) is 0 Å². The summed E-state index contributed by atoms with van der Waals surface area (Å²) in [5.41, 5.74) is 0. The Balaban J connectivity index is 2.23. The number of aliphatic hydroxyl groups excluding tert-OH is 1. The van der Waals surface area contributed by atoms with Gasteiger partial charge in [0.15, 0.2) is 0 Å². The van der Waals surface area contributed by atoms with E-state index in [9.17, 15) is 8.42 Å². The van der Waals surface area contributed by atoms with E-state index in [0.29, 0.717) is 5.82 Å². The van der Waals surface area contributed by atoms with Crippen LogP contribution < -0.4 is 5.32 Å². The van der Waals surface area contributed by atoms with Gasteiger partial charge in [-0.1, -0.05) is 0 Å². The second-order valence-corrected chi connectivity index (χ2v) is 6.86.